The van der Waals surface area contributed by atoms with E-state index in [4.69, 9.17) is 28.2 Å². The van der Waals surface area contributed by atoms with Crippen LogP contribution in [0.1, 0.15) is 33.6 Å². The molecule has 2 heterocycles. The topological polar surface area (TPSA) is 82.3 Å². The minimum Gasteiger partial charge on any atom is -0.416 e. The van der Waals surface area contributed by atoms with E-state index in [1.54, 1.807) is 0 Å². The predicted octanol–water partition coefficient (Wildman–Crippen LogP) is 3.20. The SMILES string of the molecule is CC(C)(C)[Si](C)(C)OCCN1CCC[C@@H](NC(=S)Nc2nc(Cl)c[nH]c2=O)C1. The lowest BCUT2D eigenvalue weighted by Crippen LogP contribution is -2.50. The molecular weight excluding hydrogens is 414 g/mol. The zero-order valence-corrected chi connectivity index (χ0v) is 20.0. The van der Waals surface area contributed by atoms with Gasteiger partial charge in [0, 0.05) is 31.9 Å². The molecule has 1 aliphatic rings. The minimum absolute atomic E-state index is 0.0976. The number of aromatic nitrogens is 2. The van der Waals surface area contributed by atoms with Gasteiger partial charge in [-0.15, -0.1) is 0 Å². The highest BCUT2D eigenvalue weighted by molar-refractivity contribution is 7.80. The number of nitrogens with one attached hydrogen (secondary N) is 3. The number of hydrogen-bond acceptors (Lipinski definition) is 5. The Morgan fingerprint density at radius 2 is 2.21 bits per heavy atom. The number of aromatic amines is 1. The normalized spacial score (nSPS) is 18.7. The predicted molar refractivity (Wildman–Crippen MR) is 122 cm³/mol. The molecule has 28 heavy (non-hydrogen) atoms. The zero-order valence-electron chi connectivity index (χ0n) is 17.4. The molecule has 1 aromatic rings. The van der Waals surface area contributed by atoms with E-state index in [1.165, 1.54) is 6.20 Å². The molecule has 2 rings (SSSR count). The van der Waals surface area contributed by atoms with Crippen molar-refractivity contribution in [1.29, 1.82) is 0 Å². The average molecular weight is 446 g/mol. The highest BCUT2D eigenvalue weighted by Gasteiger charge is 2.37. The number of H-pyrrole nitrogens is 1. The molecular formula is C18H32ClN5O2SSi. The highest BCUT2D eigenvalue weighted by atomic mass is 35.5. The number of piperidine rings is 1. The molecule has 3 N–H and O–H groups in total. The molecule has 1 aliphatic heterocycles. The van der Waals surface area contributed by atoms with E-state index < -0.39 is 8.32 Å². The van der Waals surface area contributed by atoms with Gasteiger partial charge >= 0.3 is 0 Å². The third-order valence-corrected chi connectivity index (χ3v) is 10.5. The number of thiocarbonyl (C=S) groups is 1. The van der Waals surface area contributed by atoms with Crippen molar-refractivity contribution in [1.82, 2.24) is 20.2 Å². The van der Waals surface area contributed by atoms with Crippen LogP contribution in [0.3, 0.4) is 0 Å². The lowest BCUT2D eigenvalue weighted by atomic mass is 10.1. The Bertz CT molecular complexity index is 737. The fourth-order valence-electron chi connectivity index (χ4n) is 2.82. The van der Waals surface area contributed by atoms with Crippen molar-refractivity contribution in [3.8, 4) is 0 Å². The van der Waals surface area contributed by atoms with E-state index in [1.807, 2.05) is 0 Å². The van der Waals surface area contributed by atoms with Gasteiger partial charge in [0.05, 0.1) is 0 Å². The number of likely N-dealkylation sites (tertiary alicyclic amines) is 1. The first-order valence-corrected chi connectivity index (χ1v) is 13.4. The summed E-state index contributed by atoms with van der Waals surface area (Å²) >= 11 is 11.2. The molecule has 0 bridgehead atoms. The van der Waals surface area contributed by atoms with E-state index in [2.05, 4.69) is 59.4 Å². The van der Waals surface area contributed by atoms with Crippen molar-refractivity contribution in [3.05, 3.63) is 21.7 Å². The van der Waals surface area contributed by atoms with E-state index >= 15 is 0 Å². The average Bonchev–Trinajstić information content (AvgIpc) is 2.57. The molecule has 1 aromatic heterocycles. The smallest absolute Gasteiger partial charge is 0.291 e. The van der Waals surface area contributed by atoms with E-state index in [-0.39, 0.29) is 27.6 Å². The molecule has 0 saturated carbocycles. The van der Waals surface area contributed by atoms with E-state index in [9.17, 15) is 4.79 Å². The van der Waals surface area contributed by atoms with E-state index in [0.29, 0.717) is 5.11 Å². The van der Waals surface area contributed by atoms with Crippen LogP contribution in [0.4, 0.5) is 5.82 Å². The Balaban J connectivity index is 1.80. The largest absolute Gasteiger partial charge is 0.416 e. The number of nitrogens with zero attached hydrogens (tertiary/aromatic N) is 2. The third-order valence-electron chi connectivity index (χ3n) is 5.51. The summed E-state index contributed by atoms with van der Waals surface area (Å²) in [4.78, 5) is 20.7. The first kappa shape index (κ1) is 23.3. The van der Waals surface area contributed by atoms with Crippen molar-refractivity contribution in [3.63, 3.8) is 0 Å². The number of halogens is 1. The van der Waals surface area contributed by atoms with Gasteiger partial charge < -0.3 is 20.0 Å². The molecule has 158 valence electrons. The van der Waals surface area contributed by atoms with Crippen LogP contribution in [-0.4, -0.2) is 60.6 Å². The van der Waals surface area contributed by atoms with Crippen LogP contribution < -0.4 is 16.2 Å². The van der Waals surface area contributed by atoms with Crippen LogP contribution in [-0.2, 0) is 4.43 Å². The Kier molecular flexibility index (Phi) is 8.03. The second-order valence-electron chi connectivity index (χ2n) is 8.75. The standard InChI is InChI=1S/C18H32ClN5O2SSi/c1-18(2,3)28(4,5)26-10-9-24-8-6-7-13(12-24)21-17(27)23-15-16(25)20-11-14(19)22-15/h11,13H,6-10,12H2,1-5H3,(H,20,25)(H2,21,22,23,27)/t13-/m1/s1. The molecule has 0 radical (unpaired) electrons. The summed E-state index contributed by atoms with van der Waals surface area (Å²) < 4.78 is 6.30. The van der Waals surface area contributed by atoms with Gasteiger partial charge in [0.25, 0.3) is 5.56 Å². The minimum atomic E-state index is -1.71. The van der Waals surface area contributed by atoms with Crippen molar-refractivity contribution in [2.45, 2.75) is 57.8 Å². The van der Waals surface area contributed by atoms with Crippen molar-refractivity contribution >= 4 is 43.1 Å². The Morgan fingerprint density at radius 1 is 1.50 bits per heavy atom. The maximum Gasteiger partial charge on any atom is 0.291 e. The van der Waals surface area contributed by atoms with Gasteiger partial charge in [-0.25, -0.2) is 4.98 Å². The van der Waals surface area contributed by atoms with Gasteiger partial charge in [-0.2, -0.15) is 0 Å². The fraction of sp³-hybridized carbons (Fsp3) is 0.722. The molecule has 1 saturated heterocycles. The van der Waals surface area contributed by atoms with E-state index in [0.717, 1.165) is 39.1 Å². The van der Waals surface area contributed by atoms with Crippen molar-refractivity contribution in [2.75, 3.05) is 31.6 Å². The van der Waals surface area contributed by atoms with Crippen LogP contribution >= 0.6 is 23.8 Å². The van der Waals surface area contributed by atoms with Crippen molar-refractivity contribution in [2.24, 2.45) is 0 Å². The molecule has 0 aliphatic carbocycles. The number of anilines is 1. The summed E-state index contributed by atoms with van der Waals surface area (Å²) in [6.07, 6.45) is 3.47. The summed E-state index contributed by atoms with van der Waals surface area (Å²) in [5.41, 5.74) is -0.360. The maximum atomic E-state index is 11.8. The summed E-state index contributed by atoms with van der Waals surface area (Å²) in [7, 11) is -1.71. The van der Waals surface area contributed by atoms with Gasteiger partial charge in [-0.05, 0) is 49.7 Å². The van der Waals surface area contributed by atoms with Crippen molar-refractivity contribution < 1.29 is 4.43 Å². The van der Waals surface area contributed by atoms with Crippen LogP contribution in [0.25, 0.3) is 0 Å². The Labute approximate surface area is 178 Å². The summed E-state index contributed by atoms with van der Waals surface area (Å²) in [5.74, 6) is 0.0976. The zero-order chi connectivity index (χ0) is 20.9. The third kappa shape index (κ3) is 6.80. The quantitative estimate of drug-likeness (QED) is 0.458. The Morgan fingerprint density at radius 3 is 2.89 bits per heavy atom. The number of rotatable bonds is 6. The molecule has 0 spiro atoms. The lowest BCUT2D eigenvalue weighted by molar-refractivity contribution is 0.160. The van der Waals surface area contributed by atoms with Crippen LogP contribution in [0.2, 0.25) is 23.3 Å². The second kappa shape index (κ2) is 9.66. The first-order chi connectivity index (χ1) is 13.0. The van der Waals surface area contributed by atoms with Crippen LogP contribution in [0, 0.1) is 0 Å². The molecule has 1 atom stereocenters. The van der Waals surface area contributed by atoms with Gasteiger partial charge in [0.2, 0.25) is 0 Å². The van der Waals surface area contributed by atoms with Gasteiger partial charge in [-0.1, -0.05) is 32.4 Å². The second-order valence-corrected chi connectivity index (χ2v) is 14.4. The number of hydrogen-bond donors (Lipinski definition) is 3. The maximum absolute atomic E-state index is 11.8. The van der Waals surface area contributed by atoms with Gasteiger partial charge in [0.1, 0.15) is 5.15 Å². The summed E-state index contributed by atoms with van der Waals surface area (Å²) in [6.45, 7) is 15.0. The highest BCUT2D eigenvalue weighted by Crippen LogP contribution is 2.36. The molecule has 0 unspecified atom stereocenters. The van der Waals surface area contributed by atoms with Gasteiger partial charge in [0.15, 0.2) is 19.2 Å². The molecule has 10 heteroatoms. The first-order valence-electron chi connectivity index (χ1n) is 9.67. The molecule has 7 nitrogen and oxygen atoms in total. The fourth-order valence-corrected chi connectivity index (χ4v) is 4.26. The van der Waals surface area contributed by atoms with Crippen LogP contribution in [0.5, 0.6) is 0 Å². The Hall–Kier alpha value is -1.00. The monoisotopic (exact) mass is 445 g/mol. The summed E-state index contributed by atoms with van der Waals surface area (Å²) in [6, 6.07) is 0.222. The molecule has 0 amide bonds. The van der Waals surface area contributed by atoms with Crippen LogP contribution in [0.15, 0.2) is 11.0 Å². The molecule has 1 fully saturated rings. The lowest BCUT2D eigenvalue weighted by Gasteiger charge is -2.38. The molecule has 0 aromatic carbocycles. The van der Waals surface area contributed by atoms with Gasteiger partial charge in [-0.3, -0.25) is 9.69 Å². The summed E-state index contributed by atoms with van der Waals surface area (Å²) in [5, 5.41) is 6.93.